The second-order valence-electron chi connectivity index (χ2n) is 4.11. The van der Waals surface area contributed by atoms with Crippen LogP contribution in [0.3, 0.4) is 0 Å². The maximum Gasteiger partial charge on any atom is 0.241 e. The van der Waals surface area contributed by atoms with Gasteiger partial charge in [0.1, 0.15) is 0 Å². The fourth-order valence-corrected chi connectivity index (χ4v) is 1.77. The zero-order chi connectivity index (χ0) is 12.1. The first kappa shape index (κ1) is 12.9. The molecule has 6 nitrogen and oxygen atoms in total. The largest absolute Gasteiger partial charge is 0.393 e. The first-order valence-corrected chi connectivity index (χ1v) is 5.47. The number of carbonyl (C=O) groups is 2. The molecule has 1 rings (SSSR count). The lowest BCUT2D eigenvalue weighted by atomic mass is 10.0. The van der Waals surface area contributed by atoms with Crippen molar-refractivity contribution in [3.05, 3.63) is 0 Å². The van der Waals surface area contributed by atoms with Crippen LogP contribution < -0.4 is 11.1 Å². The van der Waals surface area contributed by atoms with Crippen molar-refractivity contribution in [3.63, 3.8) is 0 Å². The Morgan fingerprint density at radius 2 is 2.31 bits per heavy atom. The minimum atomic E-state index is -0.392. The molecule has 0 aromatic rings. The van der Waals surface area contributed by atoms with Crippen molar-refractivity contribution in [2.24, 2.45) is 11.7 Å². The predicted molar refractivity (Wildman–Crippen MR) is 58.4 cm³/mol. The third-order valence-electron chi connectivity index (χ3n) is 2.88. The van der Waals surface area contributed by atoms with Crippen molar-refractivity contribution in [1.29, 1.82) is 0 Å². The van der Waals surface area contributed by atoms with Crippen LogP contribution in [0.15, 0.2) is 0 Å². The third-order valence-corrected chi connectivity index (χ3v) is 2.88. The monoisotopic (exact) mass is 229 g/mol. The van der Waals surface area contributed by atoms with Crippen molar-refractivity contribution >= 4 is 11.8 Å². The summed E-state index contributed by atoms with van der Waals surface area (Å²) in [5, 5.41) is 11.8. The Morgan fingerprint density at radius 3 is 2.81 bits per heavy atom. The molecule has 4 N–H and O–H groups in total. The van der Waals surface area contributed by atoms with E-state index in [0.29, 0.717) is 13.1 Å². The Kier molecular flexibility index (Phi) is 4.70. The average Bonchev–Trinajstić information content (AvgIpc) is 2.74. The maximum absolute atomic E-state index is 11.6. The van der Waals surface area contributed by atoms with Gasteiger partial charge in [0.15, 0.2) is 0 Å². The van der Waals surface area contributed by atoms with Gasteiger partial charge in [-0.05, 0) is 13.3 Å². The van der Waals surface area contributed by atoms with Crippen molar-refractivity contribution < 1.29 is 14.7 Å². The summed E-state index contributed by atoms with van der Waals surface area (Å²) in [7, 11) is 0. The number of hydrogen-bond acceptors (Lipinski definition) is 4. The zero-order valence-electron chi connectivity index (χ0n) is 9.48. The fraction of sp³-hybridized carbons (Fsp3) is 0.800. The number of nitrogens with one attached hydrogen (secondary N) is 1. The van der Waals surface area contributed by atoms with Gasteiger partial charge in [-0.3, -0.25) is 9.59 Å². The van der Waals surface area contributed by atoms with Crippen LogP contribution in [0.1, 0.15) is 13.3 Å². The van der Waals surface area contributed by atoms with Crippen molar-refractivity contribution in [2.45, 2.75) is 19.4 Å². The van der Waals surface area contributed by atoms with E-state index < -0.39 is 6.10 Å². The van der Waals surface area contributed by atoms with Crippen molar-refractivity contribution in [1.82, 2.24) is 10.2 Å². The van der Waals surface area contributed by atoms with E-state index in [9.17, 15) is 14.7 Å². The Balaban J connectivity index is 2.31. The molecule has 0 bridgehead atoms. The average molecular weight is 229 g/mol. The summed E-state index contributed by atoms with van der Waals surface area (Å²) < 4.78 is 0. The molecule has 1 heterocycles. The SMILES string of the molecule is CC(O)C1CCN(C(=O)CNC(=O)CN)C1. The molecule has 2 unspecified atom stereocenters. The summed E-state index contributed by atoms with van der Waals surface area (Å²) >= 11 is 0. The van der Waals surface area contributed by atoms with Gasteiger partial charge in [-0.2, -0.15) is 0 Å². The topological polar surface area (TPSA) is 95.7 Å². The minimum Gasteiger partial charge on any atom is -0.393 e. The first-order chi connectivity index (χ1) is 7.54. The van der Waals surface area contributed by atoms with Crippen LogP contribution in [0.2, 0.25) is 0 Å². The van der Waals surface area contributed by atoms with Gasteiger partial charge in [-0.25, -0.2) is 0 Å². The quantitative estimate of drug-likeness (QED) is 0.535. The Bertz CT molecular complexity index is 268. The van der Waals surface area contributed by atoms with Gasteiger partial charge in [-0.1, -0.05) is 0 Å². The lowest BCUT2D eigenvalue weighted by molar-refractivity contribution is -0.131. The lowest BCUT2D eigenvalue weighted by Crippen LogP contribution is -2.41. The van der Waals surface area contributed by atoms with E-state index >= 15 is 0 Å². The summed E-state index contributed by atoms with van der Waals surface area (Å²) in [6, 6.07) is 0. The fourth-order valence-electron chi connectivity index (χ4n) is 1.77. The second kappa shape index (κ2) is 5.81. The Morgan fingerprint density at radius 1 is 1.62 bits per heavy atom. The number of carbonyl (C=O) groups excluding carboxylic acids is 2. The van der Waals surface area contributed by atoms with Crippen LogP contribution in [0, 0.1) is 5.92 Å². The van der Waals surface area contributed by atoms with Gasteiger partial charge < -0.3 is 21.1 Å². The maximum atomic E-state index is 11.6. The second-order valence-corrected chi connectivity index (χ2v) is 4.11. The van der Waals surface area contributed by atoms with Gasteiger partial charge in [0.25, 0.3) is 0 Å². The van der Waals surface area contributed by atoms with Crippen LogP contribution in [0.4, 0.5) is 0 Å². The van der Waals surface area contributed by atoms with Crippen LogP contribution in [0.25, 0.3) is 0 Å². The number of nitrogens with zero attached hydrogens (tertiary/aromatic N) is 1. The predicted octanol–water partition coefficient (Wildman–Crippen LogP) is -1.71. The Labute approximate surface area is 94.8 Å². The molecule has 16 heavy (non-hydrogen) atoms. The highest BCUT2D eigenvalue weighted by Gasteiger charge is 2.28. The molecule has 1 saturated heterocycles. The van der Waals surface area contributed by atoms with E-state index in [0.717, 1.165) is 6.42 Å². The normalized spacial score (nSPS) is 21.9. The molecule has 0 saturated carbocycles. The van der Waals surface area contributed by atoms with Gasteiger partial charge >= 0.3 is 0 Å². The van der Waals surface area contributed by atoms with Crippen LogP contribution in [0.5, 0.6) is 0 Å². The molecule has 92 valence electrons. The van der Waals surface area contributed by atoms with E-state index in [1.54, 1.807) is 11.8 Å². The molecule has 0 aromatic heterocycles. The number of amides is 2. The molecule has 0 aliphatic carbocycles. The van der Waals surface area contributed by atoms with Crippen LogP contribution in [-0.2, 0) is 9.59 Å². The molecule has 1 aliphatic rings. The number of aliphatic hydroxyl groups is 1. The molecule has 2 atom stereocenters. The van der Waals surface area contributed by atoms with Gasteiger partial charge in [-0.15, -0.1) is 0 Å². The molecule has 2 amide bonds. The Hall–Kier alpha value is -1.14. The molecule has 0 spiro atoms. The number of aliphatic hydroxyl groups excluding tert-OH is 1. The van der Waals surface area contributed by atoms with E-state index in [-0.39, 0.29) is 30.8 Å². The van der Waals surface area contributed by atoms with Crippen molar-refractivity contribution in [2.75, 3.05) is 26.2 Å². The summed E-state index contributed by atoms with van der Waals surface area (Å²) in [6.45, 7) is 2.82. The molecule has 6 heteroatoms. The highest BCUT2D eigenvalue weighted by molar-refractivity contribution is 5.85. The van der Waals surface area contributed by atoms with Crippen molar-refractivity contribution in [3.8, 4) is 0 Å². The standard InChI is InChI=1S/C10H19N3O3/c1-7(14)8-2-3-13(6-8)10(16)5-12-9(15)4-11/h7-8,14H,2-6,11H2,1H3,(H,12,15). The van der Waals surface area contributed by atoms with E-state index in [4.69, 9.17) is 5.73 Å². The number of likely N-dealkylation sites (tertiary alicyclic amines) is 1. The highest BCUT2D eigenvalue weighted by atomic mass is 16.3. The minimum absolute atomic E-state index is 0.0113. The molecule has 1 aliphatic heterocycles. The molecule has 0 radical (unpaired) electrons. The number of rotatable bonds is 4. The third kappa shape index (κ3) is 3.46. The molecule has 1 fully saturated rings. The smallest absolute Gasteiger partial charge is 0.241 e. The van der Waals surface area contributed by atoms with Crippen LogP contribution >= 0.6 is 0 Å². The van der Waals surface area contributed by atoms with Gasteiger partial charge in [0.05, 0.1) is 19.2 Å². The van der Waals surface area contributed by atoms with E-state index in [2.05, 4.69) is 5.32 Å². The summed E-state index contributed by atoms with van der Waals surface area (Å²) in [4.78, 5) is 24.1. The summed E-state index contributed by atoms with van der Waals surface area (Å²) in [5.74, 6) is -0.307. The summed E-state index contributed by atoms with van der Waals surface area (Å²) in [6.07, 6.45) is 0.422. The zero-order valence-corrected chi connectivity index (χ0v) is 9.48. The molecular formula is C10H19N3O3. The highest BCUT2D eigenvalue weighted by Crippen LogP contribution is 2.19. The van der Waals surface area contributed by atoms with E-state index in [1.807, 2.05) is 0 Å². The summed E-state index contributed by atoms with van der Waals surface area (Å²) in [5.41, 5.74) is 5.10. The van der Waals surface area contributed by atoms with Crippen LogP contribution in [-0.4, -0.2) is 54.1 Å². The first-order valence-electron chi connectivity index (χ1n) is 5.47. The molecular weight excluding hydrogens is 210 g/mol. The lowest BCUT2D eigenvalue weighted by Gasteiger charge is -2.17. The van der Waals surface area contributed by atoms with Gasteiger partial charge in [0.2, 0.25) is 11.8 Å². The van der Waals surface area contributed by atoms with Gasteiger partial charge in [0, 0.05) is 19.0 Å². The van der Waals surface area contributed by atoms with E-state index in [1.165, 1.54) is 0 Å². The number of nitrogens with two attached hydrogens (primary N) is 1. The number of hydrogen-bond donors (Lipinski definition) is 3. The molecule has 0 aromatic carbocycles.